The molecule has 4 rings (SSSR count). The molecule has 2 aromatic heterocycles. The zero-order valence-corrected chi connectivity index (χ0v) is 19.5. The number of amides is 1. The molecule has 5 nitrogen and oxygen atoms in total. The molecule has 0 aliphatic rings. The number of hydrogen-bond donors (Lipinski definition) is 1. The van der Waals surface area contributed by atoms with Gasteiger partial charge >= 0.3 is 0 Å². The van der Waals surface area contributed by atoms with Gasteiger partial charge in [-0.25, -0.2) is 9.37 Å². The Morgan fingerprint density at radius 2 is 2.00 bits per heavy atom. The molecule has 9 heteroatoms. The predicted octanol–water partition coefficient (Wildman–Crippen LogP) is 5.00. The smallest absolute Gasteiger partial charge is 0.276 e. The first kappa shape index (κ1) is 22.5. The van der Waals surface area contributed by atoms with E-state index >= 15 is 0 Å². The molecule has 1 amide bonds. The Hall–Kier alpha value is -2.68. The van der Waals surface area contributed by atoms with E-state index in [1.807, 2.05) is 24.3 Å². The van der Waals surface area contributed by atoms with E-state index < -0.39 is 0 Å². The zero-order chi connectivity index (χ0) is 22.7. The van der Waals surface area contributed by atoms with Crippen molar-refractivity contribution in [2.24, 2.45) is 0 Å². The maximum atomic E-state index is 13.8. The monoisotopic (exact) mass is 487 g/mol. The molecule has 0 unspecified atom stereocenters. The average Bonchev–Trinajstić information content (AvgIpc) is 3.25. The van der Waals surface area contributed by atoms with Crippen LogP contribution in [0.5, 0.6) is 0 Å². The Morgan fingerprint density at radius 1 is 1.22 bits per heavy atom. The van der Waals surface area contributed by atoms with Crippen molar-refractivity contribution in [2.45, 2.75) is 18.5 Å². The largest absolute Gasteiger partial charge is 0.355 e. The number of aromatic nitrogens is 2. The Bertz CT molecular complexity index is 1340. The quantitative estimate of drug-likeness (QED) is 0.294. The summed E-state index contributed by atoms with van der Waals surface area (Å²) in [5.74, 6) is -0.408. The molecule has 164 valence electrons. The van der Waals surface area contributed by atoms with Gasteiger partial charge in [0.2, 0.25) is 5.91 Å². The Balaban J connectivity index is 1.50. The molecule has 0 aliphatic carbocycles. The van der Waals surface area contributed by atoms with Crippen molar-refractivity contribution >= 4 is 50.8 Å². The van der Waals surface area contributed by atoms with Gasteiger partial charge in [0.25, 0.3) is 5.56 Å². The molecule has 4 aromatic rings. The van der Waals surface area contributed by atoms with Crippen molar-refractivity contribution in [3.05, 3.63) is 86.2 Å². The van der Waals surface area contributed by atoms with Crippen LogP contribution in [0.1, 0.15) is 11.1 Å². The van der Waals surface area contributed by atoms with Crippen molar-refractivity contribution in [3.63, 3.8) is 0 Å². The van der Waals surface area contributed by atoms with Crippen LogP contribution in [0.25, 0.3) is 15.9 Å². The van der Waals surface area contributed by atoms with Gasteiger partial charge in [0.05, 0.1) is 17.0 Å². The van der Waals surface area contributed by atoms with Crippen molar-refractivity contribution in [1.82, 2.24) is 14.9 Å². The number of fused-ring (bicyclic) bond motifs is 1. The minimum Gasteiger partial charge on any atom is -0.355 e. The lowest BCUT2D eigenvalue weighted by Crippen LogP contribution is -2.28. The van der Waals surface area contributed by atoms with E-state index in [2.05, 4.69) is 10.3 Å². The lowest BCUT2D eigenvalue weighted by atomic mass is 10.1. The number of thioether (sulfide) groups is 1. The molecular weight excluding hydrogens is 469 g/mol. The van der Waals surface area contributed by atoms with Crippen LogP contribution >= 0.6 is 34.7 Å². The number of carbonyl (C=O) groups excluding carboxylic acids is 1. The Kier molecular flexibility index (Phi) is 6.93. The Labute approximate surface area is 197 Å². The minimum absolute atomic E-state index is 0.100. The Morgan fingerprint density at radius 3 is 2.75 bits per heavy atom. The van der Waals surface area contributed by atoms with Crippen LogP contribution in [-0.4, -0.2) is 27.8 Å². The number of halogens is 2. The minimum atomic E-state index is -0.346. The summed E-state index contributed by atoms with van der Waals surface area (Å²) >= 11 is 8.37. The number of nitrogens with one attached hydrogen (secondary N) is 1. The summed E-state index contributed by atoms with van der Waals surface area (Å²) < 4.78 is 15.7. The van der Waals surface area contributed by atoms with Gasteiger partial charge in [-0.3, -0.25) is 14.2 Å². The standard InChI is InChI=1S/C23H19ClFN3O2S2/c1-14-12-17(6-7-18(14)25)28-22(30)21-19(9-11-31-21)27-23(28)32-13-20(29)26-10-8-15-2-4-16(24)5-3-15/h2-7,9,11-12H,8,10,13H2,1H3,(H,26,29). The van der Waals surface area contributed by atoms with Crippen LogP contribution in [0.15, 0.2) is 63.9 Å². The fourth-order valence-electron chi connectivity index (χ4n) is 3.16. The fourth-order valence-corrected chi connectivity index (χ4v) is 4.89. The van der Waals surface area contributed by atoms with Crippen LogP contribution < -0.4 is 10.9 Å². The number of aryl methyl sites for hydroxylation is 1. The summed E-state index contributed by atoms with van der Waals surface area (Å²) in [5.41, 5.74) is 2.37. The molecule has 0 fully saturated rings. The second-order valence-corrected chi connectivity index (χ2v) is 9.41. The van der Waals surface area contributed by atoms with Crippen molar-refractivity contribution in [2.75, 3.05) is 12.3 Å². The summed E-state index contributed by atoms with van der Waals surface area (Å²) in [4.78, 5) is 30.1. The van der Waals surface area contributed by atoms with Gasteiger partial charge in [0.1, 0.15) is 10.5 Å². The van der Waals surface area contributed by atoms with E-state index in [9.17, 15) is 14.0 Å². The van der Waals surface area contributed by atoms with Crippen LogP contribution in [0.3, 0.4) is 0 Å². The summed E-state index contributed by atoms with van der Waals surface area (Å²) in [5, 5.41) is 5.75. The fraction of sp³-hybridized carbons (Fsp3) is 0.174. The lowest BCUT2D eigenvalue weighted by molar-refractivity contribution is -0.118. The summed E-state index contributed by atoms with van der Waals surface area (Å²) in [6, 6.07) is 13.7. The number of benzene rings is 2. The first-order valence-corrected chi connectivity index (χ1v) is 12.1. The first-order chi connectivity index (χ1) is 15.4. The van der Waals surface area contributed by atoms with Crippen LogP contribution in [0.4, 0.5) is 4.39 Å². The third-order valence-electron chi connectivity index (χ3n) is 4.83. The van der Waals surface area contributed by atoms with Gasteiger partial charge in [-0.2, -0.15) is 0 Å². The van der Waals surface area contributed by atoms with Crippen molar-refractivity contribution < 1.29 is 9.18 Å². The van der Waals surface area contributed by atoms with Gasteiger partial charge < -0.3 is 5.32 Å². The molecule has 0 saturated heterocycles. The highest BCUT2D eigenvalue weighted by Crippen LogP contribution is 2.24. The molecule has 0 radical (unpaired) electrons. The topological polar surface area (TPSA) is 64.0 Å². The number of hydrogen-bond acceptors (Lipinski definition) is 5. The zero-order valence-electron chi connectivity index (χ0n) is 17.1. The average molecular weight is 488 g/mol. The summed E-state index contributed by atoms with van der Waals surface area (Å²) in [7, 11) is 0. The van der Waals surface area contributed by atoms with Gasteiger partial charge in [0.15, 0.2) is 5.16 Å². The van der Waals surface area contributed by atoms with Crippen LogP contribution in [-0.2, 0) is 11.2 Å². The summed E-state index contributed by atoms with van der Waals surface area (Å²) in [6.07, 6.45) is 0.687. The molecule has 0 atom stereocenters. The maximum absolute atomic E-state index is 13.8. The highest BCUT2D eigenvalue weighted by Gasteiger charge is 2.16. The lowest BCUT2D eigenvalue weighted by Gasteiger charge is -2.13. The molecular formula is C23H19ClFN3O2S2. The van der Waals surface area contributed by atoms with E-state index in [1.54, 1.807) is 30.5 Å². The molecule has 0 spiro atoms. The number of rotatable bonds is 7. The molecule has 32 heavy (non-hydrogen) atoms. The number of carbonyl (C=O) groups is 1. The highest BCUT2D eigenvalue weighted by atomic mass is 35.5. The van der Waals surface area contributed by atoms with E-state index in [4.69, 9.17) is 11.6 Å². The number of nitrogens with zero attached hydrogens (tertiary/aromatic N) is 2. The predicted molar refractivity (Wildman–Crippen MR) is 129 cm³/mol. The van der Waals surface area contributed by atoms with Gasteiger partial charge in [-0.1, -0.05) is 35.5 Å². The number of thiophene rings is 1. The normalized spacial score (nSPS) is 11.1. The third-order valence-corrected chi connectivity index (χ3v) is 6.91. The van der Waals surface area contributed by atoms with Crippen LogP contribution in [0, 0.1) is 12.7 Å². The van der Waals surface area contributed by atoms with E-state index in [0.29, 0.717) is 44.6 Å². The maximum Gasteiger partial charge on any atom is 0.276 e. The molecule has 2 heterocycles. The molecule has 2 aromatic carbocycles. The highest BCUT2D eigenvalue weighted by molar-refractivity contribution is 7.99. The first-order valence-electron chi connectivity index (χ1n) is 9.83. The molecule has 0 aliphatic heterocycles. The van der Waals surface area contributed by atoms with E-state index in [0.717, 1.165) is 5.56 Å². The van der Waals surface area contributed by atoms with E-state index in [1.165, 1.54) is 33.7 Å². The SMILES string of the molecule is Cc1cc(-n2c(SCC(=O)NCCc3ccc(Cl)cc3)nc3ccsc3c2=O)ccc1F. The summed E-state index contributed by atoms with van der Waals surface area (Å²) in [6.45, 7) is 2.13. The molecule has 0 saturated carbocycles. The van der Waals surface area contributed by atoms with Crippen LogP contribution in [0.2, 0.25) is 5.02 Å². The second kappa shape index (κ2) is 9.85. The molecule has 1 N–H and O–H groups in total. The molecule has 0 bridgehead atoms. The van der Waals surface area contributed by atoms with Gasteiger partial charge in [-0.15, -0.1) is 11.3 Å². The van der Waals surface area contributed by atoms with E-state index in [-0.39, 0.29) is 23.0 Å². The van der Waals surface area contributed by atoms with Gasteiger partial charge in [-0.05, 0) is 66.2 Å². The van der Waals surface area contributed by atoms with Gasteiger partial charge in [0, 0.05) is 11.6 Å². The van der Waals surface area contributed by atoms with Crippen molar-refractivity contribution in [1.29, 1.82) is 0 Å². The van der Waals surface area contributed by atoms with Crippen molar-refractivity contribution in [3.8, 4) is 5.69 Å². The second-order valence-electron chi connectivity index (χ2n) is 7.12. The third kappa shape index (κ3) is 5.03.